The highest BCUT2D eigenvalue weighted by molar-refractivity contribution is 7.98. The molecule has 2 heterocycles. The number of aromatic nitrogens is 3. The first-order valence-electron chi connectivity index (χ1n) is 11.5. The molecule has 6 nitrogen and oxygen atoms in total. The second kappa shape index (κ2) is 9.80. The quantitative estimate of drug-likeness (QED) is 0.325. The maximum Gasteiger partial charge on any atom is 0.255 e. The summed E-state index contributed by atoms with van der Waals surface area (Å²) in [6.45, 7) is 5.99. The number of carbonyl (C=O) groups excluding carboxylic acids is 1. The molecule has 4 aromatic rings. The summed E-state index contributed by atoms with van der Waals surface area (Å²) in [5, 5.41) is 11.9. The number of para-hydroxylation sites is 1. The van der Waals surface area contributed by atoms with Crippen LogP contribution in [0.5, 0.6) is 0 Å². The molecule has 176 valence electrons. The van der Waals surface area contributed by atoms with E-state index >= 15 is 0 Å². The molecule has 1 aliphatic heterocycles. The van der Waals surface area contributed by atoms with E-state index in [2.05, 4.69) is 41.8 Å². The van der Waals surface area contributed by atoms with Gasteiger partial charge in [-0.3, -0.25) is 4.79 Å². The summed E-state index contributed by atoms with van der Waals surface area (Å²) < 4.78 is 1.83. The van der Waals surface area contributed by atoms with Gasteiger partial charge in [0.05, 0.1) is 5.57 Å². The standard InChI is InChI=1S/C28H27N5OS/c1-18-10-9-12-21(16-18)17-35-28-31-27-29-20(3)24(26(34)30-23-15-8-7-11-19(23)2)25(33(27)32-28)22-13-5-4-6-14-22/h4-16,25H,17H2,1-3H3,(H,30,34)(H,29,31,32)/t25-/m0/s1. The normalized spacial score (nSPS) is 14.9. The van der Waals surface area contributed by atoms with Gasteiger partial charge in [0.25, 0.3) is 5.91 Å². The van der Waals surface area contributed by atoms with Gasteiger partial charge in [-0.1, -0.05) is 90.1 Å². The van der Waals surface area contributed by atoms with Gasteiger partial charge in [0, 0.05) is 17.1 Å². The molecule has 3 aromatic carbocycles. The van der Waals surface area contributed by atoms with Crippen LogP contribution in [-0.4, -0.2) is 20.7 Å². The van der Waals surface area contributed by atoms with Crippen molar-refractivity contribution in [2.24, 2.45) is 0 Å². The summed E-state index contributed by atoms with van der Waals surface area (Å²) >= 11 is 1.59. The molecule has 1 aromatic heterocycles. The van der Waals surface area contributed by atoms with Crippen molar-refractivity contribution in [2.75, 3.05) is 10.6 Å². The number of benzene rings is 3. The van der Waals surface area contributed by atoms with Crippen LogP contribution in [0, 0.1) is 13.8 Å². The third kappa shape index (κ3) is 4.86. The van der Waals surface area contributed by atoms with E-state index in [0.29, 0.717) is 16.7 Å². The lowest BCUT2D eigenvalue weighted by Crippen LogP contribution is -2.31. The molecular weight excluding hydrogens is 454 g/mol. The lowest BCUT2D eigenvalue weighted by Gasteiger charge is -2.28. The summed E-state index contributed by atoms with van der Waals surface area (Å²) in [6, 6.07) is 25.8. The molecule has 2 N–H and O–H groups in total. The average molecular weight is 482 g/mol. The Labute approximate surface area is 209 Å². The molecule has 0 spiro atoms. The van der Waals surface area contributed by atoms with Gasteiger partial charge in [-0.2, -0.15) is 4.98 Å². The number of hydrogen-bond acceptors (Lipinski definition) is 5. The van der Waals surface area contributed by atoms with Crippen molar-refractivity contribution in [3.63, 3.8) is 0 Å². The van der Waals surface area contributed by atoms with Gasteiger partial charge < -0.3 is 10.6 Å². The number of hydrogen-bond donors (Lipinski definition) is 2. The lowest BCUT2D eigenvalue weighted by atomic mass is 9.95. The molecule has 0 saturated heterocycles. The summed E-state index contributed by atoms with van der Waals surface area (Å²) in [6.07, 6.45) is 0. The van der Waals surface area contributed by atoms with Crippen LogP contribution in [0.4, 0.5) is 11.6 Å². The molecule has 5 rings (SSSR count). The van der Waals surface area contributed by atoms with Gasteiger partial charge in [-0.25, -0.2) is 4.68 Å². The minimum Gasteiger partial charge on any atom is -0.328 e. The minimum absolute atomic E-state index is 0.159. The van der Waals surface area contributed by atoms with E-state index in [9.17, 15) is 4.79 Å². The number of fused-ring (bicyclic) bond motifs is 1. The summed E-state index contributed by atoms with van der Waals surface area (Å²) in [5.41, 5.74) is 6.62. The molecule has 35 heavy (non-hydrogen) atoms. The second-order valence-corrected chi connectivity index (χ2v) is 9.63. The van der Waals surface area contributed by atoms with Crippen LogP contribution in [0.2, 0.25) is 0 Å². The Kier molecular flexibility index (Phi) is 6.42. The van der Waals surface area contributed by atoms with Crippen molar-refractivity contribution in [3.05, 3.63) is 112 Å². The van der Waals surface area contributed by atoms with Gasteiger partial charge in [-0.15, -0.1) is 5.10 Å². The predicted octanol–water partition coefficient (Wildman–Crippen LogP) is 6.11. The van der Waals surface area contributed by atoms with Gasteiger partial charge in [0.15, 0.2) is 0 Å². The van der Waals surface area contributed by atoms with Crippen LogP contribution in [0.25, 0.3) is 0 Å². The Morgan fingerprint density at radius 2 is 1.77 bits per heavy atom. The zero-order chi connectivity index (χ0) is 24.4. The van der Waals surface area contributed by atoms with Gasteiger partial charge in [-0.05, 0) is 43.5 Å². The molecule has 0 aliphatic carbocycles. The molecule has 0 radical (unpaired) electrons. The maximum absolute atomic E-state index is 13.6. The van der Waals surface area contributed by atoms with E-state index in [1.54, 1.807) is 11.8 Å². The number of carbonyl (C=O) groups is 1. The number of allylic oxidation sites excluding steroid dienone is 1. The third-order valence-electron chi connectivity index (χ3n) is 6.04. The lowest BCUT2D eigenvalue weighted by molar-refractivity contribution is -0.113. The Hall–Kier alpha value is -3.84. The fourth-order valence-corrected chi connectivity index (χ4v) is 5.05. The van der Waals surface area contributed by atoms with E-state index in [4.69, 9.17) is 10.1 Å². The molecule has 0 fully saturated rings. The maximum atomic E-state index is 13.6. The highest BCUT2D eigenvalue weighted by Gasteiger charge is 2.34. The number of amides is 1. The zero-order valence-corrected chi connectivity index (χ0v) is 20.8. The number of anilines is 2. The summed E-state index contributed by atoms with van der Waals surface area (Å²) in [5.74, 6) is 1.25. The highest BCUT2D eigenvalue weighted by atomic mass is 32.2. The van der Waals surface area contributed by atoms with Gasteiger partial charge >= 0.3 is 0 Å². The van der Waals surface area contributed by atoms with E-state index in [0.717, 1.165) is 28.3 Å². The van der Waals surface area contributed by atoms with Crippen molar-refractivity contribution < 1.29 is 4.79 Å². The van der Waals surface area contributed by atoms with Gasteiger partial charge in [0.1, 0.15) is 6.04 Å². The molecule has 1 atom stereocenters. The molecule has 0 saturated carbocycles. The van der Waals surface area contributed by atoms with Crippen LogP contribution in [-0.2, 0) is 10.5 Å². The number of thioether (sulfide) groups is 1. The molecule has 1 aliphatic rings. The Morgan fingerprint density at radius 1 is 1.00 bits per heavy atom. The van der Waals surface area contributed by atoms with E-state index in [1.807, 2.05) is 73.1 Å². The molecule has 1 amide bonds. The average Bonchev–Trinajstić information content (AvgIpc) is 3.26. The largest absolute Gasteiger partial charge is 0.328 e. The SMILES string of the molecule is CC1=C(C(=O)Nc2ccccc2C)[C@H](c2ccccc2)n2nc(SCc3cccc(C)c3)nc2N1. The van der Waals surface area contributed by atoms with Crippen molar-refractivity contribution in [3.8, 4) is 0 Å². The molecular formula is C28H27N5OS. The fourth-order valence-electron chi connectivity index (χ4n) is 4.28. The van der Waals surface area contributed by atoms with E-state index < -0.39 is 6.04 Å². The van der Waals surface area contributed by atoms with Crippen LogP contribution < -0.4 is 10.6 Å². The third-order valence-corrected chi connectivity index (χ3v) is 6.95. The van der Waals surface area contributed by atoms with Crippen molar-refractivity contribution >= 4 is 29.3 Å². The summed E-state index contributed by atoms with van der Waals surface area (Å²) in [4.78, 5) is 18.3. The minimum atomic E-state index is -0.391. The first-order chi connectivity index (χ1) is 17.0. The molecule has 7 heteroatoms. The Bertz CT molecular complexity index is 1410. The van der Waals surface area contributed by atoms with Gasteiger partial charge in [0.2, 0.25) is 11.1 Å². The predicted molar refractivity (Wildman–Crippen MR) is 141 cm³/mol. The van der Waals surface area contributed by atoms with Crippen LogP contribution in [0.1, 0.15) is 35.2 Å². The first kappa shape index (κ1) is 22.9. The van der Waals surface area contributed by atoms with Crippen LogP contribution in [0.15, 0.2) is 95.3 Å². The van der Waals surface area contributed by atoms with Crippen molar-refractivity contribution in [1.82, 2.24) is 14.8 Å². The van der Waals surface area contributed by atoms with Crippen LogP contribution >= 0.6 is 11.8 Å². The first-order valence-corrected chi connectivity index (χ1v) is 12.5. The van der Waals surface area contributed by atoms with Crippen LogP contribution in [0.3, 0.4) is 0 Å². The smallest absolute Gasteiger partial charge is 0.255 e. The number of nitrogens with zero attached hydrogens (tertiary/aromatic N) is 3. The number of nitrogens with one attached hydrogen (secondary N) is 2. The topological polar surface area (TPSA) is 71.8 Å². The second-order valence-electron chi connectivity index (χ2n) is 8.69. The Morgan fingerprint density at radius 3 is 2.54 bits per heavy atom. The van der Waals surface area contributed by atoms with Crippen molar-refractivity contribution in [2.45, 2.75) is 37.7 Å². The van der Waals surface area contributed by atoms with E-state index in [1.165, 1.54) is 11.1 Å². The zero-order valence-electron chi connectivity index (χ0n) is 19.9. The number of aryl methyl sites for hydroxylation is 2. The fraction of sp³-hybridized carbons (Fsp3) is 0.179. The number of rotatable bonds is 6. The Balaban J connectivity index is 1.48. The summed E-state index contributed by atoms with van der Waals surface area (Å²) in [7, 11) is 0. The van der Waals surface area contributed by atoms with Crippen molar-refractivity contribution in [1.29, 1.82) is 0 Å². The van der Waals surface area contributed by atoms with E-state index in [-0.39, 0.29) is 5.91 Å². The molecule has 0 bridgehead atoms. The highest BCUT2D eigenvalue weighted by Crippen LogP contribution is 2.37. The monoisotopic (exact) mass is 481 g/mol. The molecule has 0 unspecified atom stereocenters.